The van der Waals surface area contributed by atoms with Crippen LogP contribution in [0.2, 0.25) is 0 Å². The summed E-state index contributed by atoms with van der Waals surface area (Å²) in [5.74, 6) is 0.979. The largest absolute Gasteiger partial charge is 0.494 e. The fraction of sp³-hybridized carbons (Fsp3) is 0.538. The molecule has 0 saturated heterocycles. The Kier molecular flexibility index (Phi) is 3.62. The van der Waals surface area contributed by atoms with Crippen LogP contribution in [0, 0.1) is 0 Å². The number of nitrogens with one attached hydrogen (secondary N) is 1. The minimum atomic E-state index is 0.779. The lowest BCUT2D eigenvalue weighted by Gasteiger charge is -2.06. The molecule has 1 aliphatic rings. The van der Waals surface area contributed by atoms with Gasteiger partial charge in [-0.1, -0.05) is 19.1 Å². The van der Waals surface area contributed by atoms with Crippen LogP contribution in [0.25, 0.3) is 0 Å². The second-order valence-corrected chi connectivity index (χ2v) is 4.15. The molecule has 0 radical (unpaired) electrons. The van der Waals surface area contributed by atoms with Gasteiger partial charge in [0.1, 0.15) is 5.75 Å². The van der Waals surface area contributed by atoms with E-state index in [1.807, 2.05) is 0 Å². The minimum Gasteiger partial charge on any atom is -0.494 e. The van der Waals surface area contributed by atoms with Crippen LogP contribution in [0.3, 0.4) is 0 Å². The zero-order valence-corrected chi connectivity index (χ0v) is 9.33. The van der Waals surface area contributed by atoms with Crippen molar-refractivity contribution in [3.8, 4) is 5.75 Å². The van der Waals surface area contributed by atoms with Crippen molar-refractivity contribution in [1.82, 2.24) is 5.32 Å². The first-order valence-electron chi connectivity index (χ1n) is 5.83. The molecule has 15 heavy (non-hydrogen) atoms. The molecule has 0 aromatic heterocycles. The second-order valence-electron chi connectivity index (χ2n) is 4.15. The third-order valence-electron chi connectivity index (χ3n) is 2.57. The first kappa shape index (κ1) is 10.5. The Hall–Kier alpha value is -1.02. The first-order chi connectivity index (χ1) is 7.38. The summed E-state index contributed by atoms with van der Waals surface area (Å²) in [5, 5.41) is 3.49. The van der Waals surface area contributed by atoms with Gasteiger partial charge in [0.2, 0.25) is 0 Å². The van der Waals surface area contributed by atoms with Gasteiger partial charge in [0, 0.05) is 12.6 Å². The van der Waals surface area contributed by atoms with E-state index in [0.717, 1.165) is 31.4 Å². The molecule has 0 bridgehead atoms. The van der Waals surface area contributed by atoms with Gasteiger partial charge in [-0.15, -0.1) is 0 Å². The monoisotopic (exact) mass is 205 g/mol. The number of hydrogen-bond acceptors (Lipinski definition) is 2. The Labute approximate surface area is 91.6 Å². The normalized spacial score (nSPS) is 15.3. The van der Waals surface area contributed by atoms with E-state index in [1.54, 1.807) is 0 Å². The van der Waals surface area contributed by atoms with Crippen LogP contribution in [0.1, 0.15) is 31.7 Å². The van der Waals surface area contributed by atoms with Crippen LogP contribution in [0.4, 0.5) is 0 Å². The lowest BCUT2D eigenvalue weighted by molar-refractivity contribution is 0.317. The van der Waals surface area contributed by atoms with Gasteiger partial charge in [0.25, 0.3) is 0 Å². The topological polar surface area (TPSA) is 21.3 Å². The molecule has 1 aromatic rings. The van der Waals surface area contributed by atoms with E-state index in [1.165, 1.54) is 18.4 Å². The summed E-state index contributed by atoms with van der Waals surface area (Å²) in [6.45, 7) is 3.91. The van der Waals surface area contributed by atoms with Crippen molar-refractivity contribution in [1.29, 1.82) is 0 Å². The van der Waals surface area contributed by atoms with Gasteiger partial charge in [-0.25, -0.2) is 0 Å². The number of hydrogen-bond donors (Lipinski definition) is 1. The summed E-state index contributed by atoms with van der Waals surface area (Å²) in [6, 6.07) is 9.17. The van der Waals surface area contributed by atoms with Crippen molar-refractivity contribution in [2.45, 2.75) is 38.8 Å². The van der Waals surface area contributed by atoms with Crippen LogP contribution < -0.4 is 10.1 Å². The molecule has 1 aromatic carbocycles. The molecule has 0 atom stereocenters. The van der Waals surface area contributed by atoms with Gasteiger partial charge in [-0.05, 0) is 37.0 Å². The molecule has 2 rings (SSSR count). The van der Waals surface area contributed by atoms with Crippen LogP contribution in [-0.2, 0) is 6.54 Å². The van der Waals surface area contributed by atoms with E-state index in [-0.39, 0.29) is 0 Å². The van der Waals surface area contributed by atoms with Crippen molar-refractivity contribution >= 4 is 0 Å². The predicted molar refractivity (Wildman–Crippen MR) is 62.1 cm³/mol. The first-order valence-corrected chi connectivity index (χ1v) is 5.83. The molecule has 0 unspecified atom stereocenters. The molecule has 1 aliphatic carbocycles. The van der Waals surface area contributed by atoms with E-state index >= 15 is 0 Å². The van der Waals surface area contributed by atoms with Crippen molar-refractivity contribution in [2.75, 3.05) is 6.61 Å². The fourth-order valence-corrected chi connectivity index (χ4v) is 1.47. The second kappa shape index (κ2) is 5.17. The van der Waals surface area contributed by atoms with E-state index in [9.17, 15) is 0 Å². The highest BCUT2D eigenvalue weighted by Gasteiger charge is 2.19. The molecular formula is C13H19NO. The van der Waals surface area contributed by atoms with Crippen LogP contribution in [0.15, 0.2) is 24.3 Å². The zero-order chi connectivity index (χ0) is 10.5. The van der Waals surface area contributed by atoms with Crippen LogP contribution >= 0.6 is 0 Å². The lowest BCUT2D eigenvalue weighted by Crippen LogP contribution is -2.15. The molecule has 0 spiro atoms. The highest BCUT2D eigenvalue weighted by atomic mass is 16.5. The molecular weight excluding hydrogens is 186 g/mol. The van der Waals surface area contributed by atoms with Crippen molar-refractivity contribution in [2.24, 2.45) is 0 Å². The average Bonchev–Trinajstić information content (AvgIpc) is 3.09. The van der Waals surface area contributed by atoms with Crippen molar-refractivity contribution in [3.63, 3.8) is 0 Å². The molecule has 82 valence electrons. The minimum absolute atomic E-state index is 0.779. The van der Waals surface area contributed by atoms with E-state index in [4.69, 9.17) is 4.74 Å². The maximum Gasteiger partial charge on any atom is 0.119 e. The average molecular weight is 205 g/mol. The molecule has 2 nitrogen and oxygen atoms in total. The highest BCUT2D eigenvalue weighted by Crippen LogP contribution is 2.19. The fourth-order valence-electron chi connectivity index (χ4n) is 1.47. The Morgan fingerprint density at radius 1 is 1.27 bits per heavy atom. The molecule has 1 fully saturated rings. The standard InChI is InChI=1S/C13H19NO/c1-2-9-15-13-7-3-11(4-8-13)10-14-12-5-6-12/h3-4,7-8,12,14H,2,5-6,9-10H2,1H3. The predicted octanol–water partition coefficient (Wildman–Crippen LogP) is 2.73. The maximum atomic E-state index is 5.53. The summed E-state index contributed by atoms with van der Waals surface area (Å²) < 4.78 is 5.53. The quantitative estimate of drug-likeness (QED) is 0.771. The maximum absolute atomic E-state index is 5.53. The zero-order valence-electron chi connectivity index (χ0n) is 9.33. The Morgan fingerprint density at radius 2 is 2.00 bits per heavy atom. The summed E-state index contributed by atoms with van der Waals surface area (Å²) in [5.41, 5.74) is 1.34. The van der Waals surface area contributed by atoms with Gasteiger partial charge < -0.3 is 10.1 Å². The summed E-state index contributed by atoms with van der Waals surface area (Å²) in [4.78, 5) is 0. The number of rotatable bonds is 6. The SMILES string of the molecule is CCCOc1ccc(CNC2CC2)cc1. The third-order valence-corrected chi connectivity index (χ3v) is 2.57. The van der Waals surface area contributed by atoms with Crippen LogP contribution in [0.5, 0.6) is 5.75 Å². The lowest BCUT2D eigenvalue weighted by atomic mass is 10.2. The van der Waals surface area contributed by atoms with E-state index in [2.05, 4.69) is 36.5 Å². The highest BCUT2D eigenvalue weighted by molar-refractivity contribution is 5.27. The molecule has 1 N–H and O–H groups in total. The number of benzene rings is 1. The number of ether oxygens (including phenoxy) is 1. The Balaban J connectivity index is 1.79. The van der Waals surface area contributed by atoms with Gasteiger partial charge in [-0.3, -0.25) is 0 Å². The Morgan fingerprint density at radius 3 is 2.60 bits per heavy atom. The summed E-state index contributed by atoms with van der Waals surface area (Å²) in [7, 11) is 0. The third kappa shape index (κ3) is 3.56. The van der Waals surface area contributed by atoms with Gasteiger partial charge >= 0.3 is 0 Å². The molecule has 0 heterocycles. The molecule has 1 saturated carbocycles. The molecule has 2 heteroatoms. The molecule has 0 amide bonds. The Bertz CT molecular complexity index is 290. The van der Waals surface area contributed by atoms with Gasteiger partial charge in [-0.2, -0.15) is 0 Å². The molecule has 0 aliphatic heterocycles. The smallest absolute Gasteiger partial charge is 0.119 e. The van der Waals surface area contributed by atoms with E-state index < -0.39 is 0 Å². The van der Waals surface area contributed by atoms with Crippen molar-refractivity contribution in [3.05, 3.63) is 29.8 Å². The summed E-state index contributed by atoms with van der Waals surface area (Å²) in [6.07, 6.45) is 3.75. The van der Waals surface area contributed by atoms with Crippen molar-refractivity contribution < 1.29 is 4.74 Å². The van der Waals surface area contributed by atoms with Gasteiger partial charge in [0.05, 0.1) is 6.61 Å². The summed E-state index contributed by atoms with van der Waals surface area (Å²) >= 11 is 0. The van der Waals surface area contributed by atoms with Gasteiger partial charge in [0.15, 0.2) is 0 Å². The van der Waals surface area contributed by atoms with Crippen LogP contribution in [-0.4, -0.2) is 12.6 Å². The van der Waals surface area contributed by atoms with E-state index in [0.29, 0.717) is 0 Å².